The molecule has 32 heavy (non-hydrogen) atoms. The lowest BCUT2D eigenvalue weighted by Gasteiger charge is -2.35. The van der Waals surface area contributed by atoms with Gasteiger partial charge in [-0.25, -0.2) is 14.1 Å². The zero-order valence-corrected chi connectivity index (χ0v) is 18.5. The van der Waals surface area contributed by atoms with Crippen molar-refractivity contribution in [3.63, 3.8) is 0 Å². The van der Waals surface area contributed by atoms with Gasteiger partial charge in [-0.1, -0.05) is 6.92 Å². The van der Waals surface area contributed by atoms with Crippen LogP contribution in [0.15, 0.2) is 41.0 Å². The zero-order chi connectivity index (χ0) is 22.2. The number of anilines is 1. The number of hydrogen-bond acceptors (Lipinski definition) is 6. The lowest BCUT2D eigenvalue weighted by Crippen LogP contribution is -2.47. The summed E-state index contributed by atoms with van der Waals surface area (Å²) in [6.45, 7) is 7.58. The van der Waals surface area contributed by atoms with Crippen molar-refractivity contribution in [2.75, 3.05) is 44.3 Å². The van der Waals surface area contributed by atoms with Crippen LogP contribution in [-0.4, -0.2) is 63.5 Å². The molecule has 0 amide bonds. The van der Waals surface area contributed by atoms with Gasteiger partial charge in [0.25, 0.3) is 5.56 Å². The summed E-state index contributed by atoms with van der Waals surface area (Å²) in [6.07, 6.45) is 4.74. The number of hydrogen-bond donors (Lipinski definition) is 1. The summed E-state index contributed by atoms with van der Waals surface area (Å²) in [5.74, 6) is 0. The highest BCUT2D eigenvalue weighted by Gasteiger charge is 2.22. The van der Waals surface area contributed by atoms with Crippen molar-refractivity contribution in [1.29, 1.82) is 0 Å². The average Bonchev–Trinajstić information content (AvgIpc) is 3.23. The molecule has 0 aromatic carbocycles. The average molecular weight is 438 g/mol. The SMILES string of the molecule is CCC1NC(C)=Cn2nc(-c3cc(=O)n4cc(N5CCN(CCF)CC5)ccc4n3)cc21. The largest absolute Gasteiger partial charge is 0.379 e. The molecule has 3 aromatic heterocycles. The van der Waals surface area contributed by atoms with E-state index >= 15 is 0 Å². The number of piperazine rings is 1. The van der Waals surface area contributed by atoms with Crippen LogP contribution >= 0.6 is 0 Å². The van der Waals surface area contributed by atoms with Crippen LogP contribution in [0.4, 0.5) is 10.1 Å². The molecule has 5 rings (SSSR count). The van der Waals surface area contributed by atoms with Gasteiger partial charge in [0, 0.05) is 56.9 Å². The first-order valence-corrected chi connectivity index (χ1v) is 11.2. The smallest absolute Gasteiger partial charge is 0.258 e. The van der Waals surface area contributed by atoms with Gasteiger partial charge in [-0.2, -0.15) is 5.10 Å². The minimum Gasteiger partial charge on any atom is -0.379 e. The third-order valence-corrected chi connectivity index (χ3v) is 6.29. The molecule has 0 spiro atoms. The summed E-state index contributed by atoms with van der Waals surface area (Å²) in [6, 6.07) is 7.63. The molecule has 5 heterocycles. The van der Waals surface area contributed by atoms with E-state index in [-0.39, 0.29) is 18.3 Å². The molecule has 0 saturated carbocycles. The van der Waals surface area contributed by atoms with Gasteiger partial charge < -0.3 is 10.2 Å². The molecule has 0 radical (unpaired) electrons. The van der Waals surface area contributed by atoms with E-state index in [0.717, 1.165) is 49.7 Å². The van der Waals surface area contributed by atoms with Crippen LogP contribution in [0.1, 0.15) is 32.0 Å². The molecule has 1 N–H and O–H groups in total. The second-order valence-corrected chi connectivity index (χ2v) is 8.43. The highest BCUT2D eigenvalue weighted by atomic mass is 19.1. The third kappa shape index (κ3) is 3.77. The number of halogens is 1. The summed E-state index contributed by atoms with van der Waals surface area (Å²) in [5, 5.41) is 8.14. The van der Waals surface area contributed by atoms with Gasteiger partial charge in [0.2, 0.25) is 0 Å². The Hall–Kier alpha value is -3.20. The Balaban J connectivity index is 1.44. The molecule has 2 aliphatic rings. The van der Waals surface area contributed by atoms with Gasteiger partial charge in [-0.15, -0.1) is 0 Å². The number of allylic oxidation sites excluding steroid dienone is 1. The number of fused-ring (bicyclic) bond motifs is 2. The van der Waals surface area contributed by atoms with Gasteiger partial charge >= 0.3 is 0 Å². The Morgan fingerprint density at radius 1 is 1.16 bits per heavy atom. The molecule has 3 aromatic rings. The van der Waals surface area contributed by atoms with Crippen LogP contribution in [0.3, 0.4) is 0 Å². The van der Waals surface area contributed by atoms with E-state index in [0.29, 0.717) is 23.6 Å². The molecule has 9 heteroatoms. The fraction of sp³-hybridized carbons (Fsp3) is 0.435. The van der Waals surface area contributed by atoms with Crippen molar-refractivity contribution in [3.05, 3.63) is 52.2 Å². The topological polar surface area (TPSA) is 70.7 Å². The molecule has 2 aliphatic heterocycles. The summed E-state index contributed by atoms with van der Waals surface area (Å²) < 4.78 is 16.0. The Morgan fingerprint density at radius 2 is 1.97 bits per heavy atom. The predicted octanol–water partition coefficient (Wildman–Crippen LogP) is 2.52. The zero-order valence-electron chi connectivity index (χ0n) is 18.5. The normalized spacial score (nSPS) is 19.0. The lowest BCUT2D eigenvalue weighted by molar-refractivity contribution is 0.235. The van der Waals surface area contributed by atoms with Gasteiger partial charge in [0.15, 0.2) is 0 Å². The van der Waals surface area contributed by atoms with Crippen molar-refractivity contribution in [1.82, 2.24) is 29.4 Å². The maximum atomic E-state index is 13.0. The monoisotopic (exact) mass is 437 g/mol. The minimum atomic E-state index is -0.315. The number of rotatable bonds is 5. The van der Waals surface area contributed by atoms with E-state index in [1.807, 2.05) is 42.2 Å². The van der Waals surface area contributed by atoms with Crippen molar-refractivity contribution < 1.29 is 4.39 Å². The first-order valence-electron chi connectivity index (χ1n) is 11.2. The van der Waals surface area contributed by atoms with E-state index < -0.39 is 0 Å². The van der Waals surface area contributed by atoms with Gasteiger partial charge in [0.1, 0.15) is 18.0 Å². The maximum absolute atomic E-state index is 13.0. The maximum Gasteiger partial charge on any atom is 0.258 e. The van der Waals surface area contributed by atoms with E-state index in [9.17, 15) is 9.18 Å². The molecule has 1 fully saturated rings. The Bertz CT molecular complexity index is 1220. The van der Waals surface area contributed by atoms with Crippen molar-refractivity contribution in [2.45, 2.75) is 26.3 Å². The molecule has 1 atom stereocenters. The Labute approximate surface area is 186 Å². The molecule has 168 valence electrons. The van der Waals surface area contributed by atoms with Crippen molar-refractivity contribution in [2.24, 2.45) is 0 Å². The summed E-state index contributed by atoms with van der Waals surface area (Å²) in [5.41, 5.74) is 4.83. The van der Waals surface area contributed by atoms with Crippen LogP contribution in [-0.2, 0) is 0 Å². The van der Waals surface area contributed by atoms with Gasteiger partial charge in [0.05, 0.1) is 23.1 Å². The fourth-order valence-corrected chi connectivity index (χ4v) is 4.54. The standard InChI is InChI=1S/C23H28FN7O/c1-3-18-21-12-20(27-31(21)14-16(2)25-18)19-13-23(32)30-15-17(4-5-22(30)26-19)29-10-8-28(7-6-24)9-11-29/h4-5,12-15,18,25H,3,6-11H2,1-2H3. The highest BCUT2D eigenvalue weighted by Crippen LogP contribution is 2.27. The number of alkyl halides is 1. The summed E-state index contributed by atoms with van der Waals surface area (Å²) in [7, 11) is 0. The summed E-state index contributed by atoms with van der Waals surface area (Å²) >= 11 is 0. The van der Waals surface area contributed by atoms with Crippen LogP contribution in [0.2, 0.25) is 0 Å². The molecule has 8 nitrogen and oxygen atoms in total. The quantitative estimate of drug-likeness (QED) is 0.662. The van der Waals surface area contributed by atoms with Gasteiger partial charge in [-0.3, -0.25) is 14.1 Å². The lowest BCUT2D eigenvalue weighted by atomic mass is 10.1. The van der Waals surface area contributed by atoms with Crippen LogP contribution in [0, 0.1) is 0 Å². The minimum absolute atomic E-state index is 0.134. The molecular formula is C23H28FN7O. The van der Waals surface area contributed by atoms with Gasteiger partial charge in [-0.05, 0) is 31.5 Å². The molecule has 0 bridgehead atoms. The second kappa shape index (κ2) is 8.38. The van der Waals surface area contributed by atoms with Crippen LogP contribution < -0.4 is 15.8 Å². The molecular weight excluding hydrogens is 409 g/mol. The van der Waals surface area contributed by atoms with E-state index in [2.05, 4.69) is 27.1 Å². The molecule has 1 unspecified atom stereocenters. The number of nitrogens with one attached hydrogen (secondary N) is 1. The van der Waals surface area contributed by atoms with E-state index in [1.165, 1.54) is 0 Å². The third-order valence-electron chi connectivity index (χ3n) is 6.29. The van der Waals surface area contributed by atoms with Crippen molar-refractivity contribution >= 4 is 17.5 Å². The predicted molar refractivity (Wildman–Crippen MR) is 123 cm³/mol. The number of nitrogens with zero attached hydrogens (tertiary/aromatic N) is 6. The van der Waals surface area contributed by atoms with E-state index in [4.69, 9.17) is 4.98 Å². The van der Waals surface area contributed by atoms with E-state index in [1.54, 1.807) is 10.5 Å². The van der Waals surface area contributed by atoms with Crippen LogP contribution in [0.25, 0.3) is 23.2 Å². The number of pyridine rings is 1. The first-order chi connectivity index (χ1) is 15.6. The Kier molecular flexibility index (Phi) is 5.42. The first kappa shape index (κ1) is 20.7. The van der Waals surface area contributed by atoms with Crippen molar-refractivity contribution in [3.8, 4) is 11.4 Å². The Morgan fingerprint density at radius 3 is 2.72 bits per heavy atom. The molecule has 0 aliphatic carbocycles. The van der Waals surface area contributed by atoms with Crippen LogP contribution in [0.5, 0.6) is 0 Å². The fourth-order valence-electron chi connectivity index (χ4n) is 4.54. The molecule has 1 saturated heterocycles. The highest BCUT2D eigenvalue weighted by molar-refractivity contribution is 5.61. The number of aromatic nitrogens is 4. The summed E-state index contributed by atoms with van der Waals surface area (Å²) in [4.78, 5) is 22.0. The second-order valence-electron chi connectivity index (χ2n) is 8.43.